The van der Waals surface area contributed by atoms with Crippen LogP contribution in [0.2, 0.25) is 0 Å². The summed E-state index contributed by atoms with van der Waals surface area (Å²) in [5.74, 6) is 1.77. The molecule has 1 aliphatic rings. The molecule has 82 valence electrons. The van der Waals surface area contributed by atoms with Crippen molar-refractivity contribution in [3.8, 4) is 17.6 Å². The number of rotatable bonds is 1. The molecular weight excluding hydrogens is 230 g/mol. The fraction of sp³-hybridized carbons (Fsp3) is 0.0714. The number of benzene rings is 2. The molecule has 0 fully saturated rings. The number of nitriles is 1. The van der Waals surface area contributed by atoms with Gasteiger partial charge in [0.25, 0.3) is 0 Å². The lowest BCUT2D eigenvalue weighted by molar-refractivity contribution is 0.454. The molecule has 0 atom stereocenters. The Morgan fingerprint density at radius 2 is 1.88 bits per heavy atom. The molecule has 3 heteroatoms. The Hall–Kier alpha value is -1.92. The molecule has 0 N–H and O–H groups in total. The minimum absolute atomic E-state index is 0.440. The Bertz CT molecular complexity index is 616. The smallest absolute Gasteiger partial charge is 0.141 e. The molecule has 2 nitrogen and oxygen atoms in total. The van der Waals surface area contributed by atoms with E-state index in [4.69, 9.17) is 10.00 Å². The molecule has 17 heavy (non-hydrogen) atoms. The van der Waals surface area contributed by atoms with Gasteiger partial charge in [0.05, 0.1) is 22.3 Å². The van der Waals surface area contributed by atoms with E-state index in [2.05, 4.69) is 6.07 Å². The van der Waals surface area contributed by atoms with Gasteiger partial charge in [-0.05, 0) is 29.8 Å². The average molecular weight is 239 g/mol. The first-order chi connectivity index (χ1) is 8.36. The fourth-order valence-electron chi connectivity index (χ4n) is 1.77. The van der Waals surface area contributed by atoms with Crippen LogP contribution in [0.3, 0.4) is 0 Å². The molecule has 3 rings (SSSR count). The third kappa shape index (κ3) is 1.88. The Labute approximate surface area is 104 Å². The van der Waals surface area contributed by atoms with Crippen LogP contribution in [-0.4, -0.2) is 0 Å². The highest BCUT2D eigenvalue weighted by atomic mass is 32.2. The third-order valence-corrected chi connectivity index (χ3v) is 3.68. The molecule has 0 saturated heterocycles. The van der Waals surface area contributed by atoms with E-state index in [0.717, 1.165) is 26.9 Å². The molecule has 0 aromatic heterocycles. The molecule has 2 aromatic rings. The first kappa shape index (κ1) is 10.2. The van der Waals surface area contributed by atoms with Crippen LogP contribution in [0.15, 0.2) is 52.3 Å². The number of nitrogens with zero attached hydrogens (tertiary/aromatic N) is 1. The van der Waals surface area contributed by atoms with Crippen LogP contribution < -0.4 is 4.74 Å². The van der Waals surface area contributed by atoms with Crippen LogP contribution in [0.1, 0.15) is 5.56 Å². The summed E-state index contributed by atoms with van der Waals surface area (Å²) in [6.07, 6.45) is 0.440. The van der Waals surface area contributed by atoms with Crippen molar-refractivity contribution in [2.75, 3.05) is 0 Å². The maximum atomic E-state index is 8.69. The molecule has 0 unspecified atom stereocenters. The largest absolute Gasteiger partial charge is 0.455 e. The van der Waals surface area contributed by atoms with E-state index >= 15 is 0 Å². The summed E-state index contributed by atoms with van der Waals surface area (Å²) in [6.45, 7) is 0. The molecule has 0 amide bonds. The summed E-state index contributed by atoms with van der Waals surface area (Å²) in [4.78, 5) is 2.20. The van der Waals surface area contributed by atoms with Crippen molar-refractivity contribution in [2.45, 2.75) is 16.2 Å². The predicted molar refractivity (Wildman–Crippen MR) is 66.4 cm³/mol. The van der Waals surface area contributed by atoms with Crippen LogP contribution in [0.5, 0.6) is 11.5 Å². The summed E-state index contributed by atoms with van der Waals surface area (Å²) in [5.41, 5.74) is 1.03. The monoisotopic (exact) mass is 239 g/mol. The van der Waals surface area contributed by atoms with E-state index in [-0.39, 0.29) is 0 Å². The number of hydrogen-bond acceptors (Lipinski definition) is 3. The molecule has 2 aromatic carbocycles. The summed E-state index contributed by atoms with van der Waals surface area (Å²) in [6, 6.07) is 16.0. The maximum absolute atomic E-state index is 8.69. The van der Waals surface area contributed by atoms with Crippen molar-refractivity contribution in [1.29, 1.82) is 5.26 Å². The van der Waals surface area contributed by atoms with Gasteiger partial charge in [0.2, 0.25) is 0 Å². The predicted octanol–water partition coefficient (Wildman–Crippen LogP) is 4.01. The quantitative estimate of drug-likeness (QED) is 0.643. The van der Waals surface area contributed by atoms with Gasteiger partial charge in [-0.15, -0.1) is 0 Å². The first-order valence-electron chi connectivity index (χ1n) is 5.31. The third-order valence-electron chi connectivity index (χ3n) is 2.58. The van der Waals surface area contributed by atoms with E-state index in [1.165, 1.54) is 0 Å². The van der Waals surface area contributed by atoms with E-state index in [0.29, 0.717) is 6.42 Å². The molecule has 0 aliphatic carbocycles. The van der Waals surface area contributed by atoms with Crippen molar-refractivity contribution in [3.63, 3.8) is 0 Å². The molecule has 0 bridgehead atoms. The summed E-state index contributed by atoms with van der Waals surface area (Å²) >= 11 is 1.69. The highest BCUT2D eigenvalue weighted by molar-refractivity contribution is 7.99. The fourth-order valence-corrected chi connectivity index (χ4v) is 2.79. The van der Waals surface area contributed by atoms with Crippen LogP contribution in [-0.2, 0) is 6.42 Å². The molecular formula is C14H9NOS. The Morgan fingerprint density at radius 1 is 1.06 bits per heavy atom. The van der Waals surface area contributed by atoms with Crippen LogP contribution in [0.25, 0.3) is 0 Å². The van der Waals surface area contributed by atoms with Crippen molar-refractivity contribution in [1.82, 2.24) is 0 Å². The van der Waals surface area contributed by atoms with Gasteiger partial charge in [-0.25, -0.2) is 0 Å². The van der Waals surface area contributed by atoms with Crippen molar-refractivity contribution in [3.05, 3.63) is 48.0 Å². The van der Waals surface area contributed by atoms with Gasteiger partial charge >= 0.3 is 0 Å². The van der Waals surface area contributed by atoms with Crippen LogP contribution in [0.4, 0.5) is 0 Å². The zero-order valence-corrected chi connectivity index (χ0v) is 9.83. The summed E-state index contributed by atoms with van der Waals surface area (Å²) in [7, 11) is 0. The van der Waals surface area contributed by atoms with E-state index in [1.54, 1.807) is 11.8 Å². The number of hydrogen-bond donors (Lipinski definition) is 0. The van der Waals surface area contributed by atoms with E-state index < -0.39 is 0 Å². The average Bonchev–Trinajstić information content (AvgIpc) is 2.36. The zero-order valence-electron chi connectivity index (χ0n) is 9.01. The lowest BCUT2D eigenvalue weighted by atomic mass is 10.1. The van der Waals surface area contributed by atoms with Gasteiger partial charge in [-0.3, -0.25) is 0 Å². The summed E-state index contributed by atoms with van der Waals surface area (Å²) in [5, 5.41) is 8.69. The normalized spacial score (nSPS) is 11.9. The van der Waals surface area contributed by atoms with Gasteiger partial charge in [-0.2, -0.15) is 5.26 Å². The number of ether oxygens (including phenoxy) is 1. The Balaban J connectivity index is 2.01. The van der Waals surface area contributed by atoms with Crippen LogP contribution in [0, 0.1) is 11.3 Å². The highest BCUT2D eigenvalue weighted by Crippen LogP contribution is 2.46. The van der Waals surface area contributed by atoms with Gasteiger partial charge in [0.15, 0.2) is 0 Å². The van der Waals surface area contributed by atoms with Crippen molar-refractivity contribution < 1.29 is 4.74 Å². The maximum Gasteiger partial charge on any atom is 0.141 e. The Morgan fingerprint density at radius 3 is 2.76 bits per heavy atom. The van der Waals surface area contributed by atoms with Gasteiger partial charge in [-0.1, -0.05) is 30.0 Å². The van der Waals surface area contributed by atoms with Crippen molar-refractivity contribution >= 4 is 11.8 Å². The highest BCUT2D eigenvalue weighted by Gasteiger charge is 2.17. The molecule has 1 heterocycles. The topological polar surface area (TPSA) is 33.0 Å². The summed E-state index contributed by atoms with van der Waals surface area (Å²) < 4.78 is 5.81. The van der Waals surface area contributed by atoms with Gasteiger partial charge in [0.1, 0.15) is 11.5 Å². The Kier molecular flexibility index (Phi) is 2.50. The van der Waals surface area contributed by atoms with Gasteiger partial charge < -0.3 is 4.74 Å². The van der Waals surface area contributed by atoms with Crippen molar-refractivity contribution in [2.24, 2.45) is 0 Å². The van der Waals surface area contributed by atoms with Crippen LogP contribution >= 0.6 is 11.8 Å². The lowest BCUT2D eigenvalue weighted by Crippen LogP contribution is -1.95. The second-order valence-corrected chi connectivity index (χ2v) is 4.85. The first-order valence-corrected chi connectivity index (χ1v) is 6.13. The van der Waals surface area contributed by atoms with E-state index in [1.807, 2.05) is 42.5 Å². The molecule has 1 aliphatic heterocycles. The zero-order chi connectivity index (χ0) is 11.7. The minimum Gasteiger partial charge on any atom is -0.455 e. The number of fused-ring (bicyclic) bond motifs is 2. The standard InChI is InChI=1S/C14H9NOS/c15-8-7-10-5-6-12-14(9-10)17-13-4-2-1-3-11(13)16-12/h1-6,9H,7H2. The SMILES string of the molecule is N#CCc1ccc2c(c1)Sc1ccccc1O2. The second kappa shape index (κ2) is 4.15. The molecule has 0 radical (unpaired) electrons. The lowest BCUT2D eigenvalue weighted by Gasteiger charge is -2.19. The van der Waals surface area contributed by atoms with E-state index in [9.17, 15) is 0 Å². The molecule has 0 saturated carbocycles. The van der Waals surface area contributed by atoms with Gasteiger partial charge in [0, 0.05) is 0 Å². The second-order valence-electron chi connectivity index (χ2n) is 3.77. The number of para-hydroxylation sites is 1. The molecule has 0 spiro atoms. The minimum atomic E-state index is 0.440.